The van der Waals surface area contributed by atoms with Crippen LogP contribution in [0.1, 0.15) is 30.3 Å². The topological polar surface area (TPSA) is 84.7 Å². The lowest BCUT2D eigenvalue weighted by molar-refractivity contribution is -0.291. The van der Waals surface area contributed by atoms with E-state index in [1.54, 1.807) is 0 Å². The fourth-order valence-electron chi connectivity index (χ4n) is 1.76. The molecule has 1 fully saturated rings. The predicted molar refractivity (Wildman–Crippen MR) is 60.1 cm³/mol. The molecule has 1 aliphatic carbocycles. The van der Waals surface area contributed by atoms with Crippen molar-refractivity contribution in [3.63, 3.8) is 0 Å². The largest absolute Gasteiger partial charge is 0.460 e. The second-order valence-electron chi connectivity index (χ2n) is 4.77. The maximum absolute atomic E-state index is 13.5. The van der Waals surface area contributed by atoms with E-state index in [9.17, 15) is 26.7 Å². The predicted octanol–water partition coefficient (Wildman–Crippen LogP) is 2.35. The fourth-order valence-corrected chi connectivity index (χ4v) is 1.76. The smallest absolute Gasteiger partial charge is 0.321 e. The zero-order valence-corrected chi connectivity index (χ0v) is 10.6. The Morgan fingerprint density at radius 2 is 1.82 bits per heavy atom. The molecule has 0 aliphatic heterocycles. The van der Waals surface area contributed by atoms with E-state index < -0.39 is 23.5 Å². The van der Waals surface area contributed by atoms with Crippen molar-refractivity contribution >= 4 is 0 Å². The zero-order chi connectivity index (χ0) is 16.1. The van der Waals surface area contributed by atoms with Gasteiger partial charge in [0.2, 0.25) is 0 Å². The normalized spacial score (nSPS) is 16.0. The van der Waals surface area contributed by atoms with Crippen LogP contribution >= 0.6 is 0 Å². The molecule has 0 unspecified atom stereocenters. The minimum Gasteiger partial charge on any atom is -0.321 e. The minimum atomic E-state index is -5.79. The summed E-state index contributed by atoms with van der Waals surface area (Å²) in [5.41, 5.74) is -1.85. The van der Waals surface area contributed by atoms with Gasteiger partial charge in [-0.25, -0.2) is 14.8 Å². The molecule has 2 heterocycles. The maximum Gasteiger partial charge on any atom is 0.460 e. The number of halogens is 5. The molecule has 0 saturated heterocycles. The van der Waals surface area contributed by atoms with Crippen LogP contribution in [0.5, 0.6) is 0 Å². The Balaban J connectivity index is 2.14. The molecule has 3 rings (SSSR count). The van der Waals surface area contributed by atoms with Crippen molar-refractivity contribution in [2.24, 2.45) is 0 Å². The summed E-state index contributed by atoms with van der Waals surface area (Å²) >= 11 is 0. The van der Waals surface area contributed by atoms with Crippen molar-refractivity contribution < 1.29 is 26.5 Å². The number of rotatable bonds is 3. The fraction of sp³-hybridized carbons (Fsp3) is 0.455. The van der Waals surface area contributed by atoms with Gasteiger partial charge >= 0.3 is 17.9 Å². The second kappa shape index (κ2) is 4.58. The standard InChI is InChI=1S/C11H7F5N4O2/c12-10(13,11(14,15)16)6-3-5(8-19-9(21)22-20-8)17-7(18-6)4-1-2-4/h3-4H,1-2H2,(H,19,20,21). The van der Waals surface area contributed by atoms with Crippen LogP contribution in [0.3, 0.4) is 0 Å². The third-order valence-electron chi connectivity index (χ3n) is 3.04. The van der Waals surface area contributed by atoms with Gasteiger partial charge in [-0.15, -0.1) is 0 Å². The molecule has 0 atom stereocenters. The lowest BCUT2D eigenvalue weighted by atomic mass is 10.2. The molecule has 0 spiro atoms. The number of H-pyrrole nitrogens is 1. The number of alkyl halides is 5. The molecular formula is C11H7F5N4O2. The van der Waals surface area contributed by atoms with Gasteiger partial charge in [-0.2, -0.15) is 32.1 Å². The highest BCUT2D eigenvalue weighted by Gasteiger charge is 2.60. The lowest BCUT2D eigenvalue weighted by Gasteiger charge is -2.19. The van der Waals surface area contributed by atoms with Crippen LogP contribution in [0.25, 0.3) is 11.5 Å². The number of aromatic amines is 1. The average Bonchev–Trinajstić information content (AvgIpc) is 3.19. The molecule has 2 aromatic rings. The van der Waals surface area contributed by atoms with Gasteiger partial charge in [0, 0.05) is 5.92 Å². The summed E-state index contributed by atoms with van der Waals surface area (Å²) in [6.45, 7) is 0. The van der Waals surface area contributed by atoms with Crippen LogP contribution in [0, 0.1) is 0 Å². The average molecular weight is 322 g/mol. The first-order valence-corrected chi connectivity index (χ1v) is 6.08. The molecular weight excluding hydrogens is 315 g/mol. The van der Waals surface area contributed by atoms with Crippen LogP contribution in [-0.4, -0.2) is 26.3 Å². The molecule has 1 N–H and O–H groups in total. The molecule has 1 saturated carbocycles. The van der Waals surface area contributed by atoms with Gasteiger partial charge in [-0.3, -0.25) is 0 Å². The highest BCUT2D eigenvalue weighted by molar-refractivity contribution is 5.49. The van der Waals surface area contributed by atoms with E-state index in [0.29, 0.717) is 18.9 Å². The Kier molecular flexibility index (Phi) is 3.04. The molecule has 0 amide bonds. The summed E-state index contributed by atoms with van der Waals surface area (Å²) in [5.74, 6) is -6.95. The van der Waals surface area contributed by atoms with Crippen LogP contribution in [0.15, 0.2) is 15.4 Å². The quantitative estimate of drug-likeness (QED) is 0.877. The molecule has 6 nitrogen and oxygen atoms in total. The molecule has 0 radical (unpaired) electrons. The Morgan fingerprint density at radius 3 is 2.32 bits per heavy atom. The molecule has 0 bridgehead atoms. The van der Waals surface area contributed by atoms with E-state index in [2.05, 4.69) is 19.5 Å². The maximum atomic E-state index is 13.5. The zero-order valence-electron chi connectivity index (χ0n) is 10.6. The Hall–Kier alpha value is -2.33. The van der Waals surface area contributed by atoms with Crippen LogP contribution in [0.2, 0.25) is 0 Å². The van der Waals surface area contributed by atoms with E-state index >= 15 is 0 Å². The Labute approximate surface area is 118 Å². The first kappa shape index (κ1) is 14.6. The summed E-state index contributed by atoms with van der Waals surface area (Å²) in [6.07, 6.45) is -4.61. The summed E-state index contributed by atoms with van der Waals surface area (Å²) in [5, 5.41) is 2.01. The Bertz CT molecular complexity index is 762. The molecule has 1 aliphatic rings. The van der Waals surface area contributed by atoms with Crippen LogP contribution in [0.4, 0.5) is 22.0 Å². The van der Waals surface area contributed by atoms with Gasteiger partial charge in [-0.05, 0) is 18.9 Å². The SMILES string of the molecule is O=c1nc(-c2cc(C(F)(F)C(F)(F)F)nc(C3CC3)n2)[nH]o1. The van der Waals surface area contributed by atoms with Crippen molar-refractivity contribution in [3.8, 4) is 11.5 Å². The Morgan fingerprint density at radius 1 is 1.14 bits per heavy atom. The highest BCUT2D eigenvalue weighted by atomic mass is 19.4. The third-order valence-corrected chi connectivity index (χ3v) is 3.04. The van der Waals surface area contributed by atoms with E-state index in [4.69, 9.17) is 0 Å². The van der Waals surface area contributed by atoms with E-state index in [0.717, 1.165) is 0 Å². The van der Waals surface area contributed by atoms with Crippen LogP contribution < -0.4 is 5.76 Å². The van der Waals surface area contributed by atoms with Gasteiger partial charge in [0.25, 0.3) is 0 Å². The number of nitrogens with one attached hydrogen (secondary N) is 1. The molecule has 118 valence electrons. The summed E-state index contributed by atoms with van der Waals surface area (Å²) < 4.78 is 68.8. The summed E-state index contributed by atoms with van der Waals surface area (Å²) in [7, 11) is 0. The highest BCUT2D eigenvalue weighted by Crippen LogP contribution is 2.45. The van der Waals surface area contributed by atoms with Gasteiger partial charge in [-0.1, -0.05) is 0 Å². The van der Waals surface area contributed by atoms with Gasteiger partial charge in [0.05, 0.1) is 0 Å². The van der Waals surface area contributed by atoms with Crippen molar-refractivity contribution in [2.45, 2.75) is 30.9 Å². The summed E-state index contributed by atoms with van der Waals surface area (Å²) in [4.78, 5) is 21.4. The lowest BCUT2D eigenvalue weighted by Crippen LogP contribution is -2.35. The first-order chi connectivity index (χ1) is 10.2. The number of nitrogens with zero attached hydrogens (tertiary/aromatic N) is 3. The molecule has 11 heteroatoms. The summed E-state index contributed by atoms with van der Waals surface area (Å²) in [6, 6.07) is 0.438. The van der Waals surface area contributed by atoms with Crippen molar-refractivity contribution in [1.29, 1.82) is 0 Å². The minimum absolute atomic E-state index is 0.139. The van der Waals surface area contributed by atoms with Crippen molar-refractivity contribution in [2.75, 3.05) is 0 Å². The van der Waals surface area contributed by atoms with Crippen molar-refractivity contribution in [3.05, 3.63) is 28.1 Å². The molecule has 2 aromatic heterocycles. The van der Waals surface area contributed by atoms with E-state index in [1.165, 1.54) is 0 Å². The van der Waals surface area contributed by atoms with Gasteiger partial charge < -0.3 is 4.52 Å². The second-order valence-corrected chi connectivity index (χ2v) is 4.77. The molecule has 22 heavy (non-hydrogen) atoms. The van der Waals surface area contributed by atoms with E-state index in [1.807, 2.05) is 5.16 Å². The third kappa shape index (κ3) is 2.46. The number of aromatic nitrogens is 4. The monoisotopic (exact) mass is 322 g/mol. The number of hydrogen-bond donors (Lipinski definition) is 1. The van der Waals surface area contributed by atoms with Crippen LogP contribution in [-0.2, 0) is 5.92 Å². The first-order valence-electron chi connectivity index (χ1n) is 6.08. The molecule has 0 aromatic carbocycles. The number of hydrogen-bond acceptors (Lipinski definition) is 5. The van der Waals surface area contributed by atoms with Gasteiger partial charge in [0.1, 0.15) is 17.2 Å². The van der Waals surface area contributed by atoms with Gasteiger partial charge in [0.15, 0.2) is 5.82 Å². The van der Waals surface area contributed by atoms with E-state index in [-0.39, 0.29) is 23.3 Å². The van der Waals surface area contributed by atoms with Crippen molar-refractivity contribution in [1.82, 2.24) is 20.1 Å².